The molecule has 11 heteroatoms. The van der Waals surface area contributed by atoms with Crippen LogP contribution < -0.4 is 16.0 Å². The van der Waals surface area contributed by atoms with Crippen LogP contribution in [0, 0.1) is 5.92 Å². The number of aromatic nitrogens is 2. The molecule has 3 rings (SSSR count). The summed E-state index contributed by atoms with van der Waals surface area (Å²) in [6, 6.07) is 8.94. The van der Waals surface area contributed by atoms with Crippen molar-refractivity contribution in [2.75, 3.05) is 53.4 Å². The largest absolute Gasteiger partial charge is 0.419 e. The number of nitrogens with one attached hydrogen (secondary N) is 3. The summed E-state index contributed by atoms with van der Waals surface area (Å²) in [5.41, 5.74) is 1.13. The van der Waals surface area contributed by atoms with Crippen LogP contribution in [0.2, 0.25) is 0 Å². The van der Waals surface area contributed by atoms with Crippen LogP contribution >= 0.6 is 0 Å². The predicted molar refractivity (Wildman–Crippen MR) is 168 cm³/mol. The van der Waals surface area contributed by atoms with Crippen molar-refractivity contribution in [1.82, 2.24) is 35.6 Å². The molecule has 0 radical (unpaired) electrons. The van der Waals surface area contributed by atoms with Gasteiger partial charge in [0, 0.05) is 45.1 Å². The van der Waals surface area contributed by atoms with Crippen LogP contribution in [-0.2, 0) is 15.9 Å². The van der Waals surface area contributed by atoms with Crippen LogP contribution in [0.5, 0.6) is 0 Å². The number of rotatable bonds is 16. The molecule has 2 aromatic rings. The van der Waals surface area contributed by atoms with Gasteiger partial charge in [0.15, 0.2) is 0 Å². The molecule has 1 aliphatic rings. The van der Waals surface area contributed by atoms with E-state index in [0.29, 0.717) is 18.9 Å². The Morgan fingerprint density at radius 3 is 2.52 bits per heavy atom. The van der Waals surface area contributed by atoms with Gasteiger partial charge in [-0.15, -0.1) is 0 Å². The summed E-state index contributed by atoms with van der Waals surface area (Å²) in [7, 11) is 3.82. The fourth-order valence-electron chi connectivity index (χ4n) is 5.35. The second-order valence-electron chi connectivity index (χ2n) is 11.7. The fraction of sp³-hybridized carbons (Fsp3) is 0.613. The van der Waals surface area contributed by atoms with Crippen LogP contribution in [0.3, 0.4) is 0 Å². The normalized spacial score (nSPS) is 16.5. The molecular weight excluding hydrogens is 529 g/mol. The Kier molecular flexibility index (Phi) is 14.9. The smallest absolute Gasteiger partial charge is 0.406 e. The molecule has 3 N–H and O–H groups in total. The van der Waals surface area contributed by atoms with Gasteiger partial charge in [-0.25, -0.2) is 4.98 Å². The number of carbonyl (C=O) groups excluding carboxylic acids is 2. The van der Waals surface area contributed by atoms with Crippen molar-refractivity contribution in [2.45, 2.75) is 64.4 Å². The lowest BCUT2D eigenvalue weighted by Gasteiger charge is -2.37. The minimum Gasteiger partial charge on any atom is -0.419 e. The molecule has 1 aliphatic heterocycles. The molecule has 2 atom stereocenters. The quantitative estimate of drug-likeness (QED) is 0.206. The molecule has 42 heavy (non-hydrogen) atoms. The molecule has 2 amide bonds. The number of hydrogen-bond acceptors (Lipinski definition) is 8. The van der Waals surface area contributed by atoms with Gasteiger partial charge >= 0.3 is 7.05 Å². The van der Waals surface area contributed by atoms with Crippen molar-refractivity contribution < 1.29 is 14.2 Å². The minimum atomic E-state index is -0.779. The first-order chi connectivity index (χ1) is 20.4. The number of unbranched alkanes of at least 4 members (excludes halogenated alkanes) is 3. The Morgan fingerprint density at radius 2 is 1.81 bits per heavy atom. The molecule has 1 fully saturated rings. The van der Waals surface area contributed by atoms with E-state index < -0.39 is 11.9 Å². The summed E-state index contributed by atoms with van der Waals surface area (Å²) < 4.78 is 6.45. The zero-order valence-electron chi connectivity index (χ0n) is 25.9. The lowest BCUT2D eigenvalue weighted by atomic mass is 9.67. The minimum absolute atomic E-state index is 0.174. The number of likely N-dealkylation sites (N-methyl/N-ethyl adjacent to an activating group) is 1. The molecule has 1 aromatic heterocycles. The summed E-state index contributed by atoms with van der Waals surface area (Å²) >= 11 is 0. The Balaban J connectivity index is 1.65. The average Bonchev–Trinajstić information content (AvgIpc) is 2.98. The topological polar surface area (TPSA) is 112 Å². The first-order valence-electron chi connectivity index (χ1n) is 15.5. The van der Waals surface area contributed by atoms with Crippen molar-refractivity contribution in [2.24, 2.45) is 5.92 Å². The van der Waals surface area contributed by atoms with Crippen LogP contribution in [0.4, 0.5) is 0 Å². The fourth-order valence-corrected chi connectivity index (χ4v) is 5.35. The summed E-state index contributed by atoms with van der Waals surface area (Å²) in [5.74, 6) is -0.548. The first kappa shape index (κ1) is 33.6. The van der Waals surface area contributed by atoms with Crippen molar-refractivity contribution in [3.8, 4) is 0 Å². The number of hydrogen-bond donors (Lipinski definition) is 3. The third-order valence-electron chi connectivity index (χ3n) is 7.65. The maximum atomic E-state index is 13.8. The summed E-state index contributed by atoms with van der Waals surface area (Å²) in [4.78, 5) is 39.6. The summed E-state index contributed by atoms with van der Waals surface area (Å²) in [5, 5.41) is 9.38. The van der Waals surface area contributed by atoms with Crippen LogP contribution in [0.1, 0.15) is 62.0 Å². The van der Waals surface area contributed by atoms with E-state index in [9.17, 15) is 9.59 Å². The van der Waals surface area contributed by atoms with Crippen molar-refractivity contribution >= 4 is 18.9 Å². The standard InChI is InChI=1S/C31H50BN7O3/c1-25(2)22-29(32-38(4)18-19-39(20-21-42-32)17-11-6-5-10-14-33-3)37-30(40)27(23-26-12-8-7-9-13-26)36-31(41)28-24-34-15-16-35-28/h7-9,12-13,15-16,24-25,27,29,33H,5-6,10-11,14,17-23H2,1-4H3,(H,36,41)(H,37,40)/t27-,29-/m0/s1. The van der Waals surface area contributed by atoms with E-state index in [1.54, 1.807) is 0 Å². The average molecular weight is 580 g/mol. The molecule has 1 aromatic carbocycles. The molecule has 0 spiro atoms. The molecular formula is C31H50BN7O3. The second kappa shape index (κ2) is 18.6. The highest BCUT2D eigenvalue weighted by molar-refractivity contribution is 6.51. The molecule has 230 valence electrons. The van der Waals surface area contributed by atoms with E-state index in [1.165, 1.54) is 44.3 Å². The maximum Gasteiger partial charge on any atom is 0.406 e. The third-order valence-corrected chi connectivity index (χ3v) is 7.65. The Bertz CT molecular complexity index is 1050. The lowest BCUT2D eigenvalue weighted by molar-refractivity contribution is -0.123. The summed E-state index contributed by atoms with van der Waals surface area (Å²) in [6.07, 6.45) is 10.4. The van der Waals surface area contributed by atoms with Gasteiger partial charge in [0.25, 0.3) is 5.91 Å². The van der Waals surface area contributed by atoms with E-state index in [2.05, 4.69) is 56.5 Å². The van der Waals surface area contributed by atoms with Gasteiger partial charge in [-0.2, -0.15) is 0 Å². The van der Waals surface area contributed by atoms with Gasteiger partial charge in [0.05, 0.1) is 12.1 Å². The highest BCUT2D eigenvalue weighted by Crippen LogP contribution is 2.15. The number of amides is 2. The molecule has 2 heterocycles. The van der Waals surface area contributed by atoms with Crippen molar-refractivity contribution in [3.63, 3.8) is 0 Å². The summed E-state index contributed by atoms with van der Waals surface area (Å²) in [6.45, 7) is 9.78. The first-order valence-corrected chi connectivity index (χ1v) is 15.5. The van der Waals surface area contributed by atoms with E-state index in [0.717, 1.165) is 44.7 Å². The van der Waals surface area contributed by atoms with E-state index >= 15 is 0 Å². The second-order valence-corrected chi connectivity index (χ2v) is 11.7. The lowest BCUT2D eigenvalue weighted by Crippen LogP contribution is -2.61. The van der Waals surface area contributed by atoms with Gasteiger partial charge in [-0.1, -0.05) is 57.0 Å². The van der Waals surface area contributed by atoms with Gasteiger partial charge in [-0.3, -0.25) is 19.5 Å². The van der Waals surface area contributed by atoms with Crippen LogP contribution in [0.15, 0.2) is 48.9 Å². The maximum absolute atomic E-state index is 13.8. The van der Waals surface area contributed by atoms with E-state index in [1.807, 2.05) is 37.4 Å². The Hall–Kier alpha value is -2.86. The third kappa shape index (κ3) is 11.8. The number of carbonyl (C=O) groups is 2. The molecule has 0 unspecified atom stereocenters. The predicted octanol–water partition coefficient (Wildman–Crippen LogP) is 2.42. The number of benzene rings is 1. The van der Waals surface area contributed by atoms with Gasteiger partial charge in [0.1, 0.15) is 11.7 Å². The monoisotopic (exact) mass is 579 g/mol. The molecule has 10 nitrogen and oxygen atoms in total. The molecule has 1 saturated heterocycles. The zero-order valence-corrected chi connectivity index (χ0v) is 25.9. The zero-order chi connectivity index (χ0) is 30.2. The molecule has 0 saturated carbocycles. The highest BCUT2D eigenvalue weighted by Gasteiger charge is 2.37. The van der Waals surface area contributed by atoms with Gasteiger partial charge in [0.2, 0.25) is 5.91 Å². The molecule has 0 aliphatic carbocycles. The van der Waals surface area contributed by atoms with Crippen LogP contribution in [-0.4, -0.2) is 104 Å². The number of nitrogens with zero attached hydrogens (tertiary/aromatic N) is 4. The van der Waals surface area contributed by atoms with Gasteiger partial charge < -0.3 is 25.4 Å². The highest BCUT2D eigenvalue weighted by atomic mass is 16.4. The van der Waals surface area contributed by atoms with E-state index in [4.69, 9.17) is 4.65 Å². The Labute approximate surface area is 252 Å². The van der Waals surface area contributed by atoms with E-state index in [-0.39, 0.29) is 24.6 Å². The Morgan fingerprint density at radius 1 is 1.02 bits per heavy atom. The van der Waals surface area contributed by atoms with Gasteiger partial charge in [-0.05, 0) is 57.9 Å². The SMILES string of the molecule is CNCCCCCCN1CCOB([C@H](CC(C)C)NC(=O)[C@H](Cc2ccccc2)NC(=O)c2cnccn2)N(C)CC1. The van der Waals surface area contributed by atoms with Crippen LogP contribution in [0.25, 0.3) is 0 Å². The molecule has 0 bridgehead atoms. The van der Waals surface area contributed by atoms with Crippen molar-refractivity contribution in [3.05, 3.63) is 60.2 Å². The van der Waals surface area contributed by atoms with Crippen molar-refractivity contribution in [1.29, 1.82) is 0 Å².